The third kappa shape index (κ3) is 4.13. The molecule has 0 aliphatic rings. The van der Waals surface area contributed by atoms with Gasteiger partial charge in [0.2, 0.25) is 0 Å². The SMILES string of the molecule is CCOC(=O)/C=C/c1ccc(-c2nc3ccccc3n2S(=O)(=O)c2ccccc2)cc1. The molecule has 0 saturated carbocycles. The van der Waals surface area contributed by atoms with Gasteiger partial charge in [-0.2, -0.15) is 0 Å². The van der Waals surface area contributed by atoms with Crippen LogP contribution in [0, 0.1) is 0 Å². The van der Waals surface area contributed by atoms with Crippen LogP contribution in [0.3, 0.4) is 0 Å². The van der Waals surface area contributed by atoms with Gasteiger partial charge in [0, 0.05) is 11.6 Å². The molecular formula is C24H20N2O4S. The zero-order valence-electron chi connectivity index (χ0n) is 16.8. The van der Waals surface area contributed by atoms with Gasteiger partial charge in [0.05, 0.1) is 22.5 Å². The highest BCUT2D eigenvalue weighted by molar-refractivity contribution is 7.90. The smallest absolute Gasteiger partial charge is 0.330 e. The van der Waals surface area contributed by atoms with Crippen molar-refractivity contribution < 1.29 is 17.9 Å². The van der Waals surface area contributed by atoms with Gasteiger partial charge in [-0.1, -0.05) is 54.6 Å². The summed E-state index contributed by atoms with van der Waals surface area (Å²) in [5.41, 5.74) is 2.52. The first kappa shape index (κ1) is 20.6. The van der Waals surface area contributed by atoms with Crippen molar-refractivity contribution in [1.82, 2.24) is 8.96 Å². The molecule has 0 N–H and O–H groups in total. The number of nitrogens with zero attached hydrogens (tertiary/aromatic N) is 2. The van der Waals surface area contributed by atoms with Crippen LogP contribution < -0.4 is 0 Å². The highest BCUT2D eigenvalue weighted by Crippen LogP contribution is 2.29. The predicted octanol–water partition coefficient (Wildman–Crippen LogP) is 4.52. The van der Waals surface area contributed by atoms with Gasteiger partial charge in [-0.05, 0) is 42.8 Å². The number of aromatic nitrogens is 2. The first-order chi connectivity index (χ1) is 15.0. The molecule has 4 aromatic rings. The summed E-state index contributed by atoms with van der Waals surface area (Å²) in [6, 6.07) is 22.6. The van der Waals surface area contributed by atoms with Crippen molar-refractivity contribution in [3.05, 3.63) is 90.5 Å². The van der Waals surface area contributed by atoms with E-state index in [1.165, 1.54) is 10.0 Å². The molecule has 0 fully saturated rings. The first-order valence-corrected chi connectivity index (χ1v) is 11.2. The third-order valence-electron chi connectivity index (χ3n) is 4.67. The molecule has 0 aliphatic carbocycles. The lowest BCUT2D eigenvalue weighted by atomic mass is 10.1. The van der Waals surface area contributed by atoms with Crippen LogP contribution in [0.4, 0.5) is 0 Å². The van der Waals surface area contributed by atoms with E-state index in [2.05, 4.69) is 4.98 Å². The van der Waals surface area contributed by atoms with Crippen molar-refractivity contribution in [3.63, 3.8) is 0 Å². The van der Waals surface area contributed by atoms with Gasteiger partial charge >= 0.3 is 5.97 Å². The molecule has 0 saturated heterocycles. The van der Waals surface area contributed by atoms with E-state index in [1.807, 2.05) is 6.07 Å². The summed E-state index contributed by atoms with van der Waals surface area (Å²) in [7, 11) is -3.86. The molecule has 0 bridgehead atoms. The second-order valence-corrected chi connectivity index (χ2v) is 8.50. The van der Waals surface area contributed by atoms with Crippen molar-refractivity contribution in [3.8, 4) is 11.4 Å². The Morgan fingerprint density at radius 1 is 0.968 bits per heavy atom. The van der Waals surface area contributed by atoms with Gasteiger partial charge in [-0.3, -0.25) is 0 Å². The van der Waals surface area contributed by atoms with Crippen LogP contribution in [0.15, 0.2) is 89.8 Å². The third-order valence-corrected chi connectivity index (χ3v) is 6.39. The first-order valence-electron chi connectivity index (χ1n) is 9.74. The fourth-order valence-electron chi connectivity index (χ4n) is 3.22. The molecule has 156 valence electrons. The molecule has 0 amide bonds. The topological polar surface area (TPSA) is 78.3 Å². The molecule has 31 heavy (non-hydrogen) atoms. The van der Waals surface area contributed by atoms with E-state index in [0.717, 1.165) is 5.56 Å². The van der Waals surface area contributed by atoms with Crippen LogP contribution in [0.1, 0.15) is 12.5 Å². The van der Waals surface area contributed by atoms with Crippen LogP contribution in [0.5, 0.6) is 0 Å². The molecule has 0 aliphatic heterocycles. The van der Waals surface area contributed by atoms with Crippen LogP contribution >= 0.6 is 0 Å². The maximum Gasteiger partial charge on any atom is 0.330 e. The fourth-order valence-corrected chi connectivity index (χ4v) is 4.72. The average Bonchev–Trinajstić information content (AvgIpc) is 3.19. The van der Waals surface area contributed by atoms with Crippen LogP contribution in [-0.2, 0) is 19.6 Å². The number of para-hydroxylation sites is 2. The van der Waals surface area contributed by atoms with Crippen molar-refractivity contribution in [2.75, 3.05) is 6.61 Å². The number of benzene rings is 3. The summed E-state index contributed by atoms with van der Waals surface area (Å²) in [5.74, 6) is -0.0895. The molecule has 1 aromatic heterocycles. The number of rotatable bonds is 6. The summed E-state index contributed by atoms with van der Waals surface area (Å²) < 4.78 is 33.1. The number of hydrogen-bond donors (Lipinski definition) is 0. The molecule has 0 radical (unpaired) electrons. The molecule has 0 unspecified atom stereocenters. The quantitative estimate of drug-likeness (QED) is 0.331. The van der Waals surface area contributed by atoms with Gasteiger partial charge in [0.15, 0.2) is 5.82 Å². The Hall–Kier alpha value is -3.71. The molecular weight excluding hydrogens is 412 g/mol. The Morgan fingerprint density at radius 3 is 2.35 bits per heavy atom. The highest BCUT2D eigenvalue weighted by Gasteiger charge is 2.24. The van der Waals surface area contributed by atoms with Crippen molar-refractivity contribution in [2.24, 2.45) is 0 Å². The second-order valence-electron chi connectivity index (χ2n) is 6.71. The van der Waals surface area contributed by atoms with E-state index >= 15 is 0 Å². The number of carbonyl (C=O) groups is 1. The molecule has 1 heterocycles. The average molecular weight is 433 g/mol. The van der Waals surface area contributed by atoms with Crippen LogP contribution in [0.25, 0.3) is 28.5 Å². The Labute approximate surface area is 180 Å². The van der Waals surface area contributed by atoms with E-state index in [4.69, 9.17) is 4.74 Å². The molecule has 0 atom stereocenters. The number of fused-ring (bicyclic) bond motifs is 1. The number of hydrogen-bond acceptors (Lipinski definition) is 5. The Balaban J connectivity index is 1.80. The standard InChI is InChI=1S/C24H20N2O4S/c1-2-30-23(27)17-14-18-12-15-19(16-13-18)24-25-21-10-6-7-11-22(21)26(24)31(28,29)20-8-4-3-5-9-20/h3-17H,2H2,1H3/b17-14+. The van der Waals surface area contributed by atoms with Crippen molar-refractivity contribution in [1.29, 1.82) is 0 Å². The molecule has 0 spiro atoms. The number of imidazole rings is 1. The van der Waals surface area contributed by atoms with E-state index in [0.29, 0.717) is 29.0 Å². The lowest BCUT2D eigenvalue weighted by Crippen LogP contribution is -2.14. The lowest BCUT2D eigenvalue weighted by molar-refractivity contribution is -0.137. The molecule has 7 heteroatoms. The summed E-state index contributed by atoms with van der Waals surface area (Å²) in [6.45, 7) is 2.06. The lowest BCUT2D eigenvalue weighted by Gasteiger charge is -2.11. The minimum absolute atomic E-state index is 0.188. The van der Waals surface area contributed by atoms with E-state index < -0.39 is 16.0 Å². The van der Waals surface area contributed by atoms with Gasteiger partial charge in [0.25, 0.3) is 10.0 Å². The normalized spacial score (nSPS) is 11.8. The van der Waals surface area contributed by atoms with Gasteiger partial charge in [-0.15, -0.1) is 0 Å². The summed E-state index contributed by atoms with van der Waals surface area (Å²) in [6.07, 6.45) is 3.00. The number of carbonyl (C=O) groups excluding carboxylic acids is 1. The highest BCUT2D eigenvalue weighted by atomic mass is 32.2. The maximum absolute atomic E-state index is 13.5. The molecule has 6 nitrogen and oxygen atoms in total. The zero-order valence-corrected chi connectivity index (χ0v) is 17.6. The summed E-state index contributed by atoms with van der Waals surface area (Å²) in [5, 5.41) is 0. The Kier molecular flexibility index (Phi) is 5.68. The Bertz CT molecular complexity index is 1360. The van der Waals surface area contributed by atoms with Crippen molar-refractivity contribution in [2.45, 2.75) is 11.8 Å². The van der Waals surface area contributed by atoms with Crippen LogP contribution in [-0.4, -0.2) is 30.0 Å². The second kappa shape index (κ2) is 8.57. The molecule has 4 rings (SSSR count). The maximum atomic E-state index is 13.5. The van der Waals surface area contributed by atoms with E-state index in [9.17, 15) is 13.2 Å². The number of esters is 1. The summed E-state index contributed by atoms with van der Waals surface area (Å²) in [4.78, 5) is 16.3. The Morgan fingerprint density at radius 2 is 1.65 bits per heavy atom. The van der Waals surface area contributed by atoms with Crippen molar-refractivity contribution >= 4 is 33.1 Å². The van der Waals surface area contributed by atoms with Gasteiger partial charge < -0.3 is 4.74 Å². The van der Waals surface area contributed by atoms with Crippen LogP contribution in [0.2, 0.25) is 0 Å². The minimum Gasteiger partial charge on any atom is -0.463 e. The largest absolute Gasteiger partial charge is 0.463 e. The zero-order chi connectivity index (χ0) is 21.8. The number of ether oxygens (including phenoxy) is 1. The van der Waals surface area contributed by atoms with Gasteiger partial charge in [-0.25, -0.2) is 22.2 Å². The predicted molar refractivity (Wildman–Crippen MR) is 120 cm³/mol. The monoisotopic (exact) mass is 432 g/mol. The minimum atomic E-state index is -3.86. The van der Waals surface area contributed by atoms with Gasteiger partial charge in [0.1, 0.15) is 0 Å². The van der Waals surface area contributed by atoms with E-state index in [1.54, 1.807) is 85.8 Å². The fraction of sp³-hybridized carbons (Fsp3) is 0.0833. The summed E-state index contributed by atoms with van der Waals surface area (Å²) >= 11 is 0. The molecule has 3 aromatic carbocycles. The van der Waals surface area contributed by atoms with E-state index in [-0.39, 0.29) is 4.90 Å².